The Morgan fingerprint density at radius 3 is 2.31 bits per heavy atom. The van der Waals surface area contributed by atoms with Crippen molar-refractivity contribution in [1.82, 2.24) is 4.90 Å². The van der Waals surface area contributed by atoms with E-state index < -0.39 is 24.1 Å². The average Bonchev–Trinajstić information content (AvgIpc) is 2.85. The van der Waals surface area contributed by atoms with Gasteiger partial charge in [0.2, 0.25) is 0 Å². The summed E-state index contributed by atoms with van der Waals surface area (Å²) >= 11 is 0. The number of carbonyl (C=O) groups excluding carboxylic acids is 2. The topological polar surface area (TPSA) is 147 Å². The van der Waals surface area contributed by atoms with Crippen molar-refractivity contribution in [2.24, 2.45) is 35.1 Å². The van der Waals surface area contributed by atoms with E-state index in [2.05, 4.69) is 13.8 Å². The molecule has 2 amide bonds. The van der Waals surface area contributed by atoms with Crippen LogP contribution in [0.15, 0.2) is 18.2 Å². The van der Waals surface area contributed by atoms with Crippen molar-refractivity contribution in [3.63, 3.8) is 0 Å². The van der Waals surface area contributed by atoms with E-state index in [1.807, 2.05) is 32.0 Å². The van der Waals surface area contributed by atoms with Crippen molar-refractivity contribution in [2.45, 2.75) is 71.6 Å². The first kappa shape index (κ1) is 32.7. The Morgan fingerprint density at radius 1 is 1.05 bits per heavy atom. The van der Waals surface area contributed by atoms with E-state index in [1.54, 1.807) is 14.2 Å². The number of hydrogen-bond acceptors (Lipinski definition) is 8. The monoisotopic (exact) mass is 551 g/mol. The number of carbonyl (C=O) groups is 2. The summed E-state index contributed by atoms with van der Waals surface area (Å²) in [6, 6.07) is 4.93. The largest absolute Gasteiger partial charge is 0.493 e. The minimum absolute atomic E-state index is 0.0332. The highest BCUT2D eigenvalue weighted by atomic mass is 16.5. The third-order valence-electron chi connectivity index (χ3n) is 7.53. The summed E-state index contributed by atoms with van der Waals surface area (Å²) in [5, 5.41) is 11.0. The fourth-order valence-corrected chi connectivity index (χ4v) is 4.77. The van der Waals surface area contributed by atoms with Gasteiger partial charge in [0.1, 0.15) is 6.10 Å². The number of urea groups is 1. The number of esters is 1. The van der Waals surface area contributed by atoms with Gasteiger partial charge in [0, 0.05) is 26.2 Å². The molecule has 2 rings (SSSR count). The Balaban J connectivity index is 1.98. The van der Waals surface area contributed by atoms with Crippen molar-refractivity contribution in [3.05, 3.63) is 23.8 Å². The minimum Gasteiger partial charge on any atom is -0.493 e. The van der Waals surface area contributed by atoms with Crippen LogP contribution < -0.4 is 20.9 Å². The Hall–Kier alpha value is -2.56. The number of nitrogens with zero attached hydrogens (tertiary/aromatic N) is 1. The molecule has 1 aliphatic rings. The molecule has 1 aliphatic heterocycles. The third-order valence-corrected chi connectivity index (χ3v) is 7.53. The lowest BCUT2D eigenvalue weighted by Crippen LogP contribution is -2.57. The summed E-state index contributed by atoms with van der Waals surface area (Å²) in [7, 11) is 3.29. The first-order chi connectivity index (χ1) is 18.5. The zero-order valence-electron chi connectivity index (χ0n) is 24.4. The van der Waals surface area contributed by atoms with Crippen molar-refractivity contribution in [2.75, 3.05) is 40.5 Å². The van der Waals surface area contributed by atoms with Gasteiger partial charge in [-0.05, 0) is 54.7 Å². The van der Waals surface area contributed by atoms with Crippen LogP contribution in [0.25, 0.3) is 0 Å². The van der Waals surface area contributed by atoms with E-state index in [9.17, 15) is 14.7 Å². The van der Waals surface area contributed by atoms with Crippen LogP contribution in [-0.2, 0) is 20.7 Å². The van der Waals surface area contributed by atoms with Gasteiger partial charge in [-0.25, -0.2) is 4.79 Å². The molecule has 1 fully saturated rings. The first-order valence-electron chi connectivity index (χ1n) is 13.9. The van der Waals surface area contributed by atoms with Gasteiger partial charge in [-0.15, -0.1) is 0 Å². The summed E-state index contributed by atoms with van der Waals surface area (Å²) < 4.78 is 22.1. The predicted octanol–water partition coefficient (Wildman–Crippen LogP) is 2.97. The number of amides is 2. The summed E-state index contributed by atoms with van der Waals surface area (Å²) in [4.78, 5) is 25.4. The number of ether oxygens (including phenoxy) is 4. The van der Waals surface area contributed by atoms with E-state index in [0.717, 1.165) is 18.4 Å². The molecule has 0 aliphatic carbocycles. The van der Waals surface area contributed by atoms with Gasteiger partial charge in [-0.3, -0.25) is 4.79 Å². The van der Waals surface area contributed by atoms with E-state index in [-0.39, 0.29) is 30.3 Å². The van der Waals surface area contributed by atoms with Gasteiger partial charge in [0.15, 0.2) is 11.5 Å². The smallest absolute Gasteiger partial charge is 0.315 e. The van der Waals surface area contributed by atoms with Crippen molar-refractivity contribution in [1.29, 1.82) is 0 Å². The van der Waals surface area contributed by atoms with Crippen LogP contribution in [0.3, 0.4) is 0 Å². The molecule has 4 unspecified atom stereocenters. The molecule has 1 saturated heterocycles. The molecule has 1 heterocycles. The zero-order valence-corrected chi connectivity index (χ0v) is 24.4. The summed E-state index contributed by atoms with van der Waals surface area (Å²) in [5.74, 6) is 1.02. The molecule has 1 aromatic carbocycles. The summed E-state index contributed by atoms with van der Waals surface area (Å²) in [6.45, 7) is 9.91. The molecule has 10 heteroatoms. The van der Waals surface area contributed by atoms with E-state index in [1.165, 1.54) is 4.90 Å². The number of aliphatic hydroxyl groups excluding tert-OH is 1. The molecule has 0 aromatic heterocycles. The number of hydrogen-bond donors (Lipinski definition) is 3. The molecule has 222 valence electrons. The van der Waals surface area contributed by atoms with Crippen molar-refractivity contribution in [3.8, 4) is 11.5 Å². The highest BCUT2D eigenvalue weighted by Crippen LogP contribution is 2.32. The Labute approximate surface area is 233 Å². The molecular formula is C29H49N3O7. The second kappa shape index (κ2) is 15.9. The molecule has 1 aromatic rings. The lowest BCUT2D eigenvalue weighted by atomic mass is 9.81. The SMILES string of the molecule is COCCCOc1cc(CC(CC(N)C(O)CC(C(=O)OC2CN(C(N)=O)C2)C(C)C)C(C)C)ccc1OC. The van der Waals surface area contributed by atoms with Gasteiger partial charge >= 0.3 is 12.0 Å². The third kappa shape index (κ3) is 10.2. The van der Waals surface area contributed by atoms with E-state index in [0.29, 0.717) is 50.1 Å². The van der Waals surface area contributed by atoms with Gasteiger partial charge in [-0.1, -0.05) is 33.8 Å². The first-order valence-corrected chi connectivity index (χ1v) is 13.9. The normalized spacial score (nSPS) is 16.9. The molecule has 0 spiro atoms. The molecule has 39 heavy (non-hydrogen) atoms. The van der Waals surface area contributed by atoms with Crippen LogP contribution in [0.5, 0.6) is 11.5 Å². The highest BCUT2D eigenvalue weighted by molar-refractivity contribution is 5.75. The lowest BCUT2D eigenvalue weighted by molar-refractivity contribution is -0.163. The summed E-state index contributed by atoms with van der Waals surface area (Å²) in [6.07, 6.45) is 1.15. The molecule has 0 radical (unpaired) electrons. The number of benzene rings is 1. The molecular weight excluding hydrogens is 502 g/mol. The van der Waals surface area contributed by atoms with Gasteiger partial charge in [0.25, 0.3) is 0 Å². The molecule has 5 N–H and O–H groups in total. The van der Waals surface area contributed by atoms with Crippen LogP contribution in [0.2, 0.25) is 0 Å². The molecule has 10 nitrogen and oxygen atoms in total. The molecule has 0 bridgehead atoms. The number of methoxy groups -OCH3 is 2. The van der Waals surface area contributed by atoms with Crippen molar-refractivity contribution >= 4 is 12.0 Å². The number of nitrogens with two attached hydrogens (primary N) is 2. The fraction of sp³-hybridized carbons (Fsp3) is 0.724. The number of rotatable bonds is 17. The maximum absolute atomic E-state index is 12.9. The second-order valence-corrected chi connectivity index (χ2v) is 11.2. The number of primary amides is 1. The quantitative estimate of drug-likeness (QED) is 0.198. The molecule has 4 atom stereocenters. The highest BCUT2D eigenvalue weighted by Gasteiger charge is 2.36. The molecule has 0 saturated carbocycles. The number of likely N-dealkylation sites (tertiary alicyclic amines) is 1. The van der Waals surface area contributed by atoms with Crippen LogP contribution in [0.4, 0.5) is 4.79 Å². The zero-order chi connectivity index (χ0) is 29.1. The van der Waals surface area contributed by atoms with Gasteiger partial charge in [0.05, 0.1) is 38.8 Å². The van der Waals surface area contributed by atoms with Gasteiger partial charge < -0.3 is 40.4 Å². The van der Waals surface area contributed by atoms with Crippen LogP contribution in [0, 0.1) is 23.7 Å². The minimum atomic E-state index is -0.856. The average molecular weight is 552 g/mol. The Kier molecular flexibility index (Phi) is 13.3. The number of aliphatic hydroxyl groups is 1. The van der Waals surface area contributed by atoms with Crippen LogP contribution in [-0.4, -0.2) is 80.8 Å². The maximum atomic E-state index is 12.9. The Morgan fingerprint density at radius 2 is 1.74 bits per heavy atom. The van der Waals surface area contributed by atoms with E-state index >= 15 is 0 Å². The van der Waals surface area contributed by atoms with Gasteiger partial charge in [-0.2, -0.15) is 0 Å². The fourth-order valence-electron chi connectivity index (χ4n) is 4.77. The second-order valence-electron chi connectivity index (χ2n) is 11.2. The van der Waals surface area contributed by atoms with E-state index in [4.69, 9.17) is 30.4 Å². The van der Waals surface area contributed by atoms with Crippen molar-refractivity contribution < 1.29 is 33.6 Å². The maximum Gasteiger partial charge on any atom is 0.315 e. The standard InChI is InChI=1S/C29H49N3O7/c1-18(2)21(12-20-8-9-26(37-6)27(13-20)38-11-7-10-36-5)14-24(30)25(33)15-23(19(3)4)28(34)39-22-16-32(17-22)29(31)35/h8-9,13,18-19,21-25,33H,7,10-12,14-17,30H2,1-6H3,(H2,31,35). The Bertz CT molecular complexity index is 905. The van der Waals surface area contributed by atoms with Crippen LogP contribution >= 0.6 is 0 Å². The van der Waals surface area contributed by atoms with Crippen LogP contribution in [0.1, 0.15) is 52.5 Å². The predicted molar refractivity (Wildman–Crippen MR) is 150 cm³/mol. The summed E-state index contributed by atoms with van der Waals surface area (Å²) in [5.41, 5.74) is 12.8. The lowest BCUT2D eigenvalue weighted by Gasteiger charge is -2.38.